The van der Waals surface area contributed by atoms with Crippen molar-refractivity contribution >= 4 is 40.0 Å². The van der Waals surface area contributed by atoms with Crippen molar-refractivity contribution < 1.29 is 14.4 Å². The minimum atomic E-state index is -0.501. The molecule has 4 aromatic rings. The molecule has 0 spiro atoms. The van der Waals surface area contributed by atoms with Crippen LogP contribution < -0.4 is 10.9 Å². The van der Waals surface area contributed by atoms with Gasteiger partial charge in [-0.3, -0.25) is 30.2 Å². The van der Waals surface area contributed by atoms with Crippen LogP contribution in [0.4, 0.5) is 0 Å². The number of hydrogen-bond donors (Lipinski definition) is 3. The van der Waals surface area contributed by atoms with Crippen LogP contribution in [-0.4, -0.2) is 50.7 Å². The summed E-state index contributed by atoms with van der Waals surface area (Å²) in [5.74, 6) is -0.667. The fourth-order valence-electron chi connectivity index (χ4n) is 4.25. The van der Waals surface area contributed by atoms with Crippen molar-refractivity contribution in [1.82, 2.24) is 30.7 Å². The van der Waals surface area contributed by atoms with Crippen LogP contribution in [0.1, 0.15) is 50.3 Å². The van der Waals surface area contributed by atoms with Gasteiger partial charge in [-0.15, -0.1) is 11.3 Å². The van der Waals surface area contributed by atoms with Crippen molar-refractivity contribution in [2.75, 3.05) is 13.1 Å². The lowest BCUT2D eigenvalue weighted by atomic mass is 9.97. The Morgan fingerprint density at radius 2 is 1.74 bits per heavy atom. The van der Waals surface area contributed by atoms with Crippen molar-refractivity contribution in [1.29, 1.82) is 0 Å². The van der Waals surface area contributed by atoms with Crippen LogP contribution in [0.3, 0.4) is 0 Å². The molecule has 3 aromatic heterocycles. The first-order valence-corrected chi connectivity index (χ1v) is 12.3. The van der Waals surface area contributed by atoms with E-state index in [1.807, 2.05) is 35.4 Å². The Balaban J connectivity index is 1.12. The lowest BCUT2D eigenvalue weighted by molar-refractivity contribution is -0.131. The maximum absolute atomic E-state index is 12.9. The molecule has 3 amide bonds. The van der Waals surface area contributed by atoms with E-state index in [1.165, 1.54) is 17.5 Å². The van der Waals surface area contributed by atoms with Crippen LogP contribution >= 0.6 is 11.3 Å². The number of fused-ring (bicyclic) bond motifs is 1. The summed E-state index contributed by atoms with van der Waals surface area (Å²) in [5.41, 5.74) is 7.24. The highest BCUT2D eigenvalue weighted by molar-refractivity contribution is 7.09. The Hall–Kier alpha value is -4.05. The first-order chi connectivity index (χ1) is 17.1. The number of rotatable bonds is 5. The SMILES string of the molecule is O=C(NNC(=O)c1csc(C2CCN(C(=O)Cc3c[nH]c4ccccc34)CC2)n1)c1ccccn1. The minimum absolute atomic E-state index is 0.121. The summed E-state index contributed by atoms with van der Waals surface area (Å²) >= 11 is 1.43. The van der Waals surface area contributed by atoms with Crippen molar-refractivity contribution in [3.63, 3.8) is 0 Å². The van der Waals surface area contributed by atoms with Gasteiger partial charge in [0.1, 0.15) is 11.4 Å². The van der Waals surface area contributed by atoms with Gasteiger partial charge in [-0.25, -0.2) is 4.98 Å². The third-order valence-corrected chi connectivity index (χ3v) is 7.16. The van der Waals surface area contributed by atoms with Crippen molar-refractivity contribution in [3.8, 4) is 0 Å². The molecular formula is C25H24N6O3S. The van der Waals surface area contributed by atoms with E-state index in [0.29, 0.717) is 19.5 Å². The Morgan fingerprint density at radius 3 is 2.51 bits per heavy atom. The first-order valence-electron chi connectivity index (χ1n) is 11.4. The maximum Gasteiger partial charge on any atom is 0.289 e. The number of H-pyrrole nitrogens is 1. The number of aromatic amines is 1. The summed E-state index contributed by atoms with van der Waals surface area (Å²) < 4.78 is 0. The first kappa shape index (κ1) is 22.7. The Morgan fingerprint density at radius 1 is 1.00 bits per heavy atom. The molecule has 0 bridgehead atoms. The number of nitrogens with one attached hydrogen (secondary N) is 3. The molecule has 0 saturated carbocycles. The van der Waals surface area contributed by atoms with Crippen molar-refractivity contribution in [2.24, 2.45) is 0 Å². The summed E-state index contributed by atoms with van der Waals surface area (Å²) in [7, 11) is 0. The number of para-hydroxylation sites is 1. The molecule has 1 saturated heterocycles. The predicted molar refractivity (Wildman–Crippen MR) is 132 cm³/mol. The number of likely N-dealkylation sites (tertiary alicyclic amines) is 1. The van der Waals surface area contributed by atoms with E-state index >= 15 is 0 Å². The minimum Gasteiger partial charge on any atom is -0.361 e. The van der Waals surface area contributed by atoms with E-state index in [4.69, 9.17) is 0 Å². The number of thiazole rings is 1. The molecule has 178 valence electrons. The Labute approximate surface area is 205 Å². The fourth-order valence-corrected chi connectivity index (χ4v) is 5.22. The number of carbonyl (C=O) groups is 3. The molecule has 0 atom stereocenters. The van der Waals surface area contributed by atoms with Gasteiger partial charge in [-0.2, -0.15) is 0 Å². The monoisotopic (exact) mass is 488 g/mol. The molecule has 4 heterocycles. The number of amides is 3. The largest absolute Gasteiger partial charge is 0.361 e. The normalized spacial score (nSPS) is 14.1. The number of hydrogen-bond acceptors (Lipinski definition) is 6. The zero-order valence-electron chi connectivity index (χ0n) is 18.9. The predicted octanol–water partition coefficient (Wildman–Crippen LogP) is 3.04. The van der Waals surface area contributed by atoms with E-state index in [0.717, 1.165) is 34.3 Å². The summed E-state index contributed by atoms with van der Waals surface area (Å²) in [6.07, 6.45) is 5.39. The second-order valence-electron chi connectivity index (χ2n) is 8.39. The molecule has 0 aliphatic carbocycles. The average Bonchev–Trinajstić information content (AvgIpc) is 3.56. The van der Waals surface area contributed by atoms with Gasteiger partial charge >= 0.3 is 0 Å². The third kappa shape index (κ3) is 5.07. The van der Waals surface area contributed by atoms with Crippen LogP contribution in [0, 0.1) is 0 Å². The molecule has 0 radical (unpaired) electrons. The summed E-state index contributed by atoms with van der Waals surface area (Å²) in [5, 5.41) is 3.64. The summed E-state index contributed by atoms with van der Waals surface area (Å²) in [6, 6.07) is 12.9. The molecule has 9 nitrogen and oxygen atoms in total. The quantitative estimate of drug-likeness (QED) is 0.373. The highest BCUT2D eigenvalue weighted by Crippen LogP contribution is 2.31. The van der Waals surface area contributed by atoms with E-state index in [1.54, 1.807) is 23.6 Å². The number of pyridine rings is 1. The standard InChI is InChI=1S/C25H24N6O3S/c32-22(13-17-14-27-19-6-2-1-5-18(17)19)31-11-8-16(9-12-31)25-28-21(15-35-25)24(34)30-29-23(33)20-7-3-4-10-26-20/h1-7,10,14-16,27H,8-9,11-13H2,(H,29,33)(H,30,34). The van der Waals surface area contributed by atoms with Gasteiger partial charge in [-0.05, 0) is 36.6 Å². The summed E-state index contributed by atoms with van der Waals surface area (Å²) in [6.45, 7) is 1.32. The number of aromatic nitrogens is 3. The second-order valence-corrected chi connectivity index (χ2v) is 9.28. The zero-order valence-corrected chi connectivity index (χ0v) is 19.7. The molecule has 5 rings (SSSR count). The summed E-state index contributed by atoms with van der Waals surface area (Å²) in [4.78, 5) is 50.9. The van der Waals surface area contributed by atoms with Gasteiger partial charge in [0.2, 0.25) is 5.91 Å². The topological polar surface area (TPSA) is 120 Å². The van der Waals surface area contributed by atoms with Gasteiger partial charge in [0.25, 0.3) is 11.8 Å². The number of hydrazine groups is 1. The van der Waals surface area contributed by atoms with Crippen LogP contribution in [-0.2, 0) is 11.2 Å². The molecule has 1 aromatic carbocycles. The number of carbonyl (C=O) groups excluding carboxylic acids is 3. The number of benzene rings is 1. The highest BCUT2D eigenvalue weighted by atomic mass is 32.1. The molecule has 0 unspecified atom stereocenters. The van der Waals surface area contributed by atoms with Gasteiger partial charge in [-0.1, -0.05) is 24.3 Å². The van der Waals surface area contributed by atoms with E-state index < -0.39 is 11.8 Å². The Bertz CT molecular complexity index is 1360. The van der Waals surface area contributed by atoms with E-state index in [2.05, 4.69) is 25.8 Å². The fraction of sp³-hybridized carbons (Fsp3) is 0.240. The van der Waals surface area contributed by atoms with Gasteiger partial charge in [0, 0.05) is 47.7 Å². The number of piperidine rings is 1. The van der Waals surface area contributed by atoms with E-state index in [9.17, 15) is 14.4 Å². The highest BCUT2D eigenvalue weighted by Gasteiger charge is 2.27. The maximum atomic E-state index is 12.9. The lowest BCUT2D eigenvalue weighted by Crippen LogP contribution is -2.42. The van der Waals surface area contributed by atoms with Crippen molar-refractivity contribution in [2.45, 2.75) is 25.2 Å². The van der Waals surface area contributed by atoms with Gasteiger partial charge in [0.15, 0.2) is 0 Å². The van der Waals surface area contributed by atoms with Gasteiger partial charge < -0.3 is 9.88 Å². The molecule has 1 fully saturated rings. The van der Waals surface area contributed by atoms with Crippen LogP contribution in [0.2, 0.25) is 0 Å². The Kier molecular flexibility index (Phi) is 6.53. The molecule has 3 N–H and O–H groups in total. The van der Waals surface area contributed by atoms with Crippen LogP contribution in [0.5, 0.6) is 0 Å². The second kappa shape index (κ2) is 10.1. The zero-order chi connectivity index (χ0) is 24.2. The molecular weight excluding hydrogens is 464 g/mol. The molecule has 10 heteroatoms. The molecule has 1 aliphatic heterocycles. The molecule has 1 aliphatic rings. The van der Waals surface area contributed by atoms with E-state index in [-0.39, 0.29) is 23.2 Å². The smallest absolute Gasteiger partial charge is 0.289 e. The third-order valence-electron chi connectivity index (χ3n) is 6.16. The lowest BCUT2D eigenvalue weighted by Gasteiger charge is -2.31. The molecule has 35 heavy (non-hydrogen) atoms. The van der Waals surface area contributed by atoms with Crippen LogP contribution in [0.15, 0.2) is 60.2 Å². The van der Waals surface area contributed by atoms with Crippen molar-refractivity contribution in [3.05, 3.63) is 82.2 Å². The van der Waals surface area contributed by atoms with Crippen LogP contribution in [0.25, 0.3) is 10.9 Å². The number of nitrogens with zero attached hydrogens (tertiary/aromatic N) is 3. The average molecular weight is 489 g/mol. The van der Waals surface area contributed by atoms with Gasteiger partial charge in [0.05, 0.1) is 11.4 Å².